The van der Waals surface area contributed by atoms with E-state index >= 15 is 0 Å². The molecule has 0 rings (SSSR count). The molecule has 532 valence electrons. The second-order valence-corrected chi connectivity index (χ2v) is 26.6. The zero-order chi connectivity index (χ0) is 67.5. The van der Waals surface area contributed by atoms with Crippen LogP contribution in [-0.4, -0.2) is 87.4 Å². The normalized spacial score (nSPS) is 13.4. The van der Waals surface area contributed by atoms with Gasteiger partial charge in [0.25, 0.3) is 6.29 Å². The molecule has 0 heterocycles. The zero-order valence-electron chi connectivity index (χ0n) is 60.9. The summed E-state index contributed by atoms with van der Waals surface area (Å²) in [6.45, 7) is 4.77. The van der Waals surface area contributed by atoms with E-state index in [1.54, 1.807) is 0 Å². The molecule has 93 heavy (non-hydrogen) atoms. The van der Waals surface area contributed by atoms with Crippen molar-refractivity contribution < 1.29 is 42.9 Å². The van der Waals surface area contributed by atoms with Gasteiger partial charge in [0.1, 0.15) is 13.2 Å². The highest BCUT2D eigenvalue weighted by atomic mass is 16.7. The van der Waals surface area contributed by atoms with Gasteiger partial charge in [0.15, 0.2) is 6.10 Å². The lowest BCUT2D eigenvalue weighted by Gasteiger charge is -2.25. The average molecular weight is 1300 g/mol. The lowest BCUT2D eigenvalue weighted by molar-refractivity contribution is -0.870. The number of hydrogen-bond acceptors (Lipinski definition) is 7. The third kappa shape index (κ3) is 74.7. The highest BCUT2D eigenvalue weighted by Crippen LogP contribution is 2.18. The Morgan fingerprint density at radius 3 is 0.914 bits per heavy atom. The Balaban J connectivity index is 4.10. The van der Waals surface area contributed by atoms with Crippen LogP contribution < -0.4 is 0 Å². The van der Waals surface area contributed by atoms with Crippen LogP contribution in [0.25, 0.3) is 0 Å². The van der Waals surface area contributed by atoms with Gasteiger partial charge in [-0.25, -0.2) is 4.79 Å². The first kappa shape index (κ1) is 88.4. The van der Waals surface area contributed by atoms with Crippen molar-refractivity contribution in [3.63, 3.8) is 0 Å². The molecule has 2 atom stereocenters. The SMILES string of the molecule is CC/C=C\C/C=C\C/C=C\C/C=C\C/C=C\C/C=C\C/C=C\C/C=C\CCCCCCCCCCCCC(=O)OC(COC(=O)CCCCCCCCCCCCCCCCCCCC/C=C\C/C=C\C/C=C\CCCCCCC)COC(OCC[N+](C)(C)C)C(=O)O. The van der Waals surface area contributed by atoms with Crippen molar-refractivity contribution in [1.82, 2.24) is 0 Å². The van der Waals surface area contributed by atoms with E-state index in [1.165, 1.54) is 180 Å². The van der Waals surface area contributed by atoms with E-state index in [0.29, 0.717) is 23.9 Å². The fourth-order valence-electron chi connectivity index (χ4n) is 10.6. The number of nitrogens with zero attached hydrogens (tertiary/aromatic N) is 1. The molecule has 0 aliphatic rings. The predicted octanol–water partition coefficient (Wildman–Crippen LogP) is 24.5. The van der Waals surface area contributed by atoms with Crippen LogP contribution in [0.4, 0.5) is 0 Å². The largest absolute Gasteiger partial charge is 0.477 e. The molecular formula is C84H144NO8+. The number of unbranched alkanes of at least 4 members (excludes halogenated alkanes) is 33. The molecule has 1 N–H and O–H groups in total. The summed E-state index contributed by atoms with van der Waals surface area (Å²) in [6.07, 6.45) is 103. The highest BCUT2D eigenvalue weighted by Gasteiger charge is 2.25. The van der Waals surface area contributed by atoms with Crippen LogP contribution in [-0.2, 0) is 33.3 Å². The summed E-state index contributed by atoms with van der Waals surface area (Å²) in [5, 5.41) is 9.77. The molecule has 0 aromatic heterocycles. The van der Waals surface area contributed by atoms with Crippen molar-refractivity contribution in [3.05, 3.63) is 134 Å². The van der Waals surface area contributed by atoms with Crippen LogP contribution in [0.2, 0.25) is 0 Å². The minimum atomic E-state index is -1.52. The van der Waals surface area contributed by atoms with Gasteiger partial charge in [0, 0.05) is 12.8 Å². The lowest BCUT2D eigenvalue weighted by atomic mass is 10.0. The summed E-state index contributed by atoms with van der Waals surface area (Å²) in [5.74, 6) is -2.01. The Morgan fingerprint density at radius 2 is 0.613 bits per heavy atom. The van der Waals surface area contributed by atoms with Gasteiger partial charge < -0.3 is 28.5 Å². The maximum absolute atomic E-state index is 13.0. The molecule has 0 saturated heterocycles. The smallest absolute Gasteiger partial charge is 0.361 e. The van der Waals surface area contributed by atoms with Crippen molar-refractivity contribution in [2.24, 2.45) is 0 Å². The maximum Gasteiger partial charge on any atom is 0.361 e. The molecule has 9 heteroatoms. The van der Waals surface area contributed by atoms with Gasteiger partial charge in [0.05, 0.1) is 34.4 Å². The van der Waals surface area contributed by atoms with Crippen molar-refractivity contribution in [1.29, 1.82) is 0 Å². The third-order valence-corrected chi connectivity index (χ3v) is 16.4. The first-order chi connectivity index (χ1) is 45.6. The summed E-state index contributed by atoms with van der Waals surface area (Å²) >= 11 is 0. The average Bonchev–Trinajstić information content (AvgIpc) is 3.74. The van der Waals surface area contributed by atoms with Crippen molar-refractivity contribution >= 4 is 17.9 Å². The van der Waals surface area contributed by atoms with Crippen LogP contribution in [0.1, 0.15) is 322 Å². The van der Waals surface area contributed by atoms with Crippen LogP contribution >= 0.6 is 0 Å². The Labute approximate surface area is 573 Å². The number of carbonyl (C=O) groups excluding carboxylic acids is 2. The molecular weight excluding hydrogens is 1150 g/mol. The minimum absolute atomic E-state index is 0.182. The molecule has 0 aromatic carbocycles. The van der Waals surface area contributed by atoms with Crippen LogP contribution in [0, 0.1) is 0 Å². The van der Waals surface area contributed by atoms with E-state index in [9.17, 15) is 19.5 Å². The second kappa shape index (κ2) is 73.2. The Kier molecular flexibility index (Phi) is 69.6. The van der Waals surface area contributed by atoms with Crippen molar-refractivity contribution in [3.8, 4) is 0 Å². The van der Waals surface area contributed by atoms with Crippen molar-refractivity contribution in [2.75, 3.05) is 47.5 Å². The number of carbonyl (C=O) groups is 3. The maximum atomic E-state index is 13.0. The number of hydrogen-bond donors (Lipinski definition) is 1. The molecule has 0 saturated carbocycles. The summed E-state index contributed by atoms with van der Waals surface area (Å²) in [5.41, 5.74) is 0. The molecule has 0 aromatic rings. The monoisotopic (exact) mass is 1300 g/mol. The van der Waals surface area contributed by atoms with E-state index in [4.69, 9.17) is 18.9 Å². The van der Waals surface area contributed by atoms with Gasteiger partial charge >= 0.3 is 17.9 Å². The predicted molar refractivity (Wildman–Crippen MR) is 401 cm³/mol. The van der Waals surface area contributed by atoms with E-state index < -0.39 is 24.3 Å². The highest BCUT2D eigenvalue weighted by molar-refractivity contribution is 5.71. The summed E-state index contributed by atoms with van der Waals surface area (Å²) in [6, 6.07) is 0. The molecule has 0 spiro atoms. The van der Waals surface area contributed by atoms with Crippen LogP contribution in [0.3, 0.4) is 0 Å². The van der Waals surface area contributed by atoms with Crippen LogP contribution in [0.15, 0.2) is 134 Å². The number of rotatable bonds is 70. The molecule has 0 amide bonds. The standard InChI is InChI=1S/C84H143NO8/c1-6-8-10-12-14-16-18-20-22-24-26-28-30-32-34-36-38-40-41-43-45-47-49-51-53-55-57-59-61-63-65-67-69-71-73-75-82(87)93-80(79-92-84(83(88)89)90-77-76-85(3,4)5)78-91-81(86)74-72-70-68-66-64-62-60-58-56-54-52-50-48-46-44-42-39-37-35-33-31-29-27-25-23-21-19-17-15-13-11-9-7-2/h8,10,14,16,19-22,25-28,31-34,38,40,43,45,49,51,80,84H,6-7,9,11-13,15,17-18,23-24,29-30,35-37,39,41-42,44,46-48,50,52-79H2,1-5H3/p+1/b10-8-,16-14-,21-19-,22-20-,27-25-,28-26-,33-31-,34-32-,40-38-,45-43-,51-49-. The van der Waals surface area contributed by atoms with Gasteiger partial charge in [-0.2, -0.15) is 0 Å². The number of aliphatic carboxylic acids is 1. The molecule has 0 radical (unpaired) electrons. The molecule has 2 unspecified atom stereocenters. The first-order valence-electron chi connectivity index (χ1n) is 38.3. The molecule has 0 bridgehead atoms. The number of allylic oxidation sites excluding steroid dienone is 22. The number of quaternary nitrogens is 1. The summed E-state index contributed by atoms with van der Waals surface area (Å²) in [7, 11) is 5.98. The fourth-order valence-corrected chi connectivity index (χ4v) is 10.6. The third-order valence-electron chi connectivity index (χ3n) is 16.4. The molecule has 0 aliphatic carbocycles. The quantitative estimate of drug-likeness (QED) is 0.0211. The number of likely N-dealkylation sites (N-methyl/N-ethyl adjacent to an activating group) is 1. The van der Waals surface area contributed by atoms with E-state index in [0.717, 1.165) is 109 Å². The number of carboxylic acid groups (broad SMARTS) is 1. The number of carboxylic acids is 1. The van der Waals surface area contributed by atoms with E-state index in [1.807, 2.05) is 21.1 Å². The Morgan fingerprint density at radius 1 is 0.333 bits per heavy atom. The number of esters is 2. The van der Waals surface area contributed by atoms with Gasteiger partial charge in [-0.15, -0.1) is 0 Å². The van der Waals surface area contributed by atoms with Crippen molar-refractivity contribution in [2.45, 2.75) is 334 Å². The minimum Gasteiger partial charge on any atom is -0.477 e. The Bertz CT molecular complexity index is 2000. The Hall–Kier alpha value is -4.57. The van der Waals surface area contributed by atoms with Gasteiger partial charge in [0.2, 0.25) is 0 Å². The van der Waals surface area contributed by atoms with Crippen LogP contribution in [0.5, 0.6) is 0 Å². The topological polar surface area (TPSA) is 108 Å². The molecule has 0 aliphatic heterocycles. The first-order valence-corrected chi connectivity index (χ1v) is 38.3. The van der Waals surface area contributed by atoms with Gasteiger partial charge in [-0.05, 0) is 116 Å². The second-order valence-electron chi connectivity index (χ2n) is 26.6. The number of ether oxygens (including phenoxy) is 4. The van der Waals surface area contributed by atoms with Gasteiger partial charge in [-0.1, -0.05) is 327 Å². The van der Waals surface area contributed by atoms with Gasteiger partial charge in [-0.3, -0.25) is 9.59 Å². The molecule has 0 fully saturated rings. The fraction of sp³-hybridized carbons (Fsp3) is 0.702. The lowest BCUT2D eigenvalue weighted by Crippen LogP contribution is -2.40. The summed E-state index contributed by atoms with van der Waals surface area (Å²) in [4.78, 5) is 37.7. The molecule has 9 nitrogen and oxygen atoms in total. The van der Waals surface area contributed by atoms with E-state index in [2.05, 4.69) is 148 Å². The van der Waals surface area contributed by atoms with E-state index in [-0.39, 0.29) is 32.2 Å². The zero-order valence-corrected chi connectivity index (χ0v) is 60.9. The summed E-state index contributed by atoms with van der Waals surface area (Å²) < 4.78 is 23.0.